The smallest absolute Gasteiger partial charge is 0.230 e. The average Bonchev–Trinajstić information content (AvgIpc) is 2.99. The summed E-state index contributed by atoms with van der Waals surface area (Å²) in [4.78, 5) is 20.6. The van der Waals surface area contributed by atoms with Gasteiger partial charge < -0.3 is 5.32 Å². The van der Waals surface area contributed by atoms with Gasteiger partial charge >= 0.3 is 0 Å². The van der Waals surface area contributed by atoms with Gasteiger partial charge in [0.25, 0.3) is 0 Å². The number of hydrogen-bond acceptors (Lipinski definition) is 4. The summed E-state index contributed by atoms with van der Waals surface area (Å²) in [5, 5.41) is 5.64. The van der Waals surface area contributed by atoms with Crippen LogP contribution in [0.5, 0.6) is 0 Å². The van der Waals surface area contributed by atoms with E-state index in [1.54, 1.807) is 12.4 Å². The maximum atomic E-state index is 12.0. The molecule has 0 aliphatic heterocycles. The number of carbonyl (C=O) groups is 1. The number of pyridine rings is 1. The lowest BCUT2D eigenvalue weighted by Gasteiger charge is -2.03. The summed E-state index contributed by atoms with van der Waals surface area (Å²) in [6, 6.07) is 11.3. The van der Waals surface area contributed by atoms with Crippen LogP contribution in [-0.4, -0.2) is 15.9 Å². The van der Waals surface area contributed by atoms with Crippen molar-refractivity contribution in [3.8, 4) is 10.6 Å². The maximum Gasteiger partial charge on any atom is 0.230 e. The molecule has 110 valence electrons. The number of benzene rings is 1. The molecule has 0 saturated carbocycles. The Balaban J connectivity index is 1.65. The fourth-order valence-corrected chi connectivity index (χ4v) is 2.99. The quantitative estimate of drug-likeness (QED) is 0.747. The van der Waals surface area contributed by atoms with Crippen molar-refractivity contribution in [2.24, 2.45) is 0 Å². The third kappa shape index (κ3) is 3.78. The summed E-state index contributed by atoms with van der Waals surface area (Å²) in [6.45, 7) is 0. The van der Waals surface area contributed by atoms with E-state index in [0.717, 1.165) is 26.4 Å². The van der Waals surface area contributed by atoms with Gasteiger partial charge in [0, 0.05) is 33.5 Å². The molecule has 0 bridgehead atoms. The highest BCUT2D eigenvalue weighted by Crippen LogP contribution is 2.23. The molecule has 1 aromatic carbocycles. The summed E-state index contributed by atoms with van der Waals surface area (Å²) in [5.74, 6) is -0.0784. The van der Waals surface area contributed by atoms with E-state index in [2.05, 4.69) is 31.2 Å². The van der Waals surface area contributed by atoms with Crippen molar-refractivity contribution in [2.75, 3.05) is 5.32 Å². The van der Waals surface area contributed by atoms with Crippen molar-refractivity contribution in [1.29, 1.82) is 0 Å². The van der Waals surface area contributed by atoms with Gasteiger partial charge in [-0.1, -0.05) is 15.9 Å². The minimum Gasteiger partial charge on any atom is -0.326 e. The molecule has 3 aromatic rings. The Bertz CT molecular complexity index is 772. The second kappa shape index (κ2) is 6.81. The number of halogens is 1. The molecule has 2 heterocycles. The van der Waals surface area contributed by atoms with E-state index in [0.29, 0.717) is 0 Å². The summed E-state index contributed by atoms with van der Waals surface area (Å²) in [5.41, 5.74) is 2.50. The Morgan fingerprint density at radius 1 is 1.23 bits per heavy atom. The Morgan fingerprint density at radius 3 is 2.77 bits per heavy atom. The van der Waals surface area contributed by atoms with Gasteiger partial charge in [-0.2, -0.15) is 0 Å². The summed E-state index contributed by atoms with van der Waals surface area (Å²) >= 11 is 4.88. The normalized spacial score (nSPS) is 10.4. The van der Waals surface area contributed by atoms with E-state index in [9.17, 15) is 4.79 Å². The van der Waals surface area contributed by atoms with Crippen molar-refractivity contribution in [1.82, 2.24) is 9.97 Å². The number of hydrogen-bond donors (Lipinski definition) is 1. The first kappa shape index (κ1) is 14.9. The average molecular weight is 374 g/mol. The zero-order valence-corrected chi connectivity index (χ0v) is 13.9. The Morgan fingerprint density at radius 2 is 2.05 bits per heavy atom. The SMILES string of the molecule is O=C(Cc1csc(-c2cccnc2)n1)Nc1ccc(Br)cc1. The van der Waals surface area contributed by atoms with Crippen molar-refractivity contribution in [3.63, 3.8) is 0 Å². The number of nitrogens with one attached hydrogen (secondary N) is 1. The third-order valence-electron chi connectivity index (χ3n) is 2.93. The molecule has 22 heavy (non-hydrogen) atoms. The molecule has 1 N–H and O–H groups in total. The van der Waals surface area contributed by atoms with E-state index >= 15 is 0 Å². The fraction of sp³-hybridized carbons (Fsp3) is 0.0625. The first-order valence-electron chi connectivity index (χ1n) is 6.61. The van der Waals surface area contributed by atoms with Crippen LogP contribution in [0, 0.1) is 0 Å². The van der Waals surface area contributed by atoms with Crippen LogP contribution in [0.1, 0.15) is 5.69 Å². The number of amides is 1. The maximum absolute atomic E-state index is 12.0. The van der Waals surface area contributed by atoms with Crippen LogP contribution in [-0.2, 0) is 11.2 Å². The van der Waals surface area contributed by atoms with Crippen molar-refractivity contribution in [3.05, 3.63) is 64.3 Å². The van der Waals surface area contributed by atoms with Crippen LogP contribution in [0.3, 0.4) is 0 Å². The minimum absolute atomic E-state index is 0.0784. The van der Waals surface area contributed by atoms with Gasteiger partial charge in [-0.15, -0.1) is 11.3 Å². The molecule has 0 radical (unpaired) electrons. The van der Waals surface area contributed by atoms with E-state index in [-0.39, 0.29) is 12.3 Å². The molecule has 6 heteroatoms. The second-order valence-corrected chi connectivity index (χ2v) is 6.39. The molecule has 0 spiro atoms. The largest absolute Gasteiger partial charge is 0.326 e. The van der Waals surface area contributed by atoms with Crippen LogP contribution in [0.25, 0.3) is 10.6 Å². The Labute approximate surface area is 140 Å². The lowest BCUT2D eigenvalue weighted by molar-refractivity contribution is -0.115. The summed E-state index contributed by atoms with van der Waals surface area (Å²) < 4.78 is 0.978. The van der Waals surface area contributed by atoms with Crippen LogP contribution in [0.2, 0.25) is 0 Å². The Hall–Kier alpha value is -2.05. The highest BCUT2D eigenvalue weighted by atomic mass is 79.9. The number of thiazole rings is 1. The van der Waals surface area contributed by atoms with Gasteiger partial charge in [0.05, 0.1) is 12.1 Å². The lowest BCUT2D eigenvalue weighted by Crippen LogP contribution is -2.14. The standard InChI is InChI=1S/C16H12BrN3OS/c17-12-3-5-13(6-4-12)19-15(21)8-14-10-22-16(20-14)11-2-1-7-18-9-11/h1-7,9-10H,8H2,(H,19,21). The van der Waals surface area contributed by atoms with Crippen molar-refractivity contribution in [2.45, 2.75) is 6.42 Å². The molecule has 1 amide bonds. The van der Waals surface area contributed by atoms with Crippen molar-refractivity contribution >= 4 is 38.9 Å². The van der Waals surface area contributed by atoms with Gasteiger partial charge in [0.15, 0.2) is 0 Å². The van der Waals surface area contributed by atoms with Gasteiger partial charge in [-0.3, -0.25) is 9.78 Å². The van der Waals surface area contributed by atoms with E-state index in [4.69, 9.17) is 0 Å². The Kier molecular flexibility index (Phi) is 4.60. The van der Waals surface area contributed by atoms with Gasteiger partial charge in [-0.25, -0.2) is 4.98 Å². The topological polar surface area (TPSA) is 54.9 Å². The molecular weight excluding hydrogens is 362 g/mol. The van der Waals surface area contributed by atoms with Gasteiger partial charge in [0.1, 0.15) is 5.01 Å². The van der Waals surface area contributed by atoms with Crippen LogP contribution in [0.4, 0.5) is 5.69 Å². The van der Waals surface area contributed by atoms with E-state index < -0.39 is 0 Å². The lowest BCUT2D eigenvalue weighted by atomic mass is 10.2. The fourth-order valence-electron chi connectivity index (χ4n) is 1.91. The first-order chi connectivity index (χ1) is 10.7. The molecule has 4 nitrogen and oxygen atoms in total. The van der Waals surface area contributed by atoms with E-state index in [1.807, 2.05) is 41.8 Å². The molecule has 0 fully saturated rings. The van der Waals surface area contributed by atoms with Crippen molar-refractivity contribution < 1.29 is 4.79 Å². The molecule has 0 saturated heterocycles. The van der Waals surface area contributed by atoms with Gasteiger partial charge in [0.2, 0.25) is 5.91 Å². The number of rotatable bonds is 4. The molecule has 0 aliphatic carbocycles. The second-order valence-electron chi connectivity index (χ2n) is 4.62. The molecule has 3 rings (SSSR count). The zero-order valence-electron chi connectivity index (χ0n) is 11.5. The number of aromatic nitrogens is 2. The van der Waals surface area contributed by atoms with Gasteiger partial charge in [-0.05, 0) is 36.4 Å². The highest BCUT2D eigenvalue weighted by molar-refractivity contribution is 9.10. The molecule has 0 unspecified atom stereocenters. The molecule has 0 atom stereocenters. The summed E-state index contributed by atoms with van der Waals surface area (Å²) in [7, 11) is 0. The zero-order chi connectivity index (χ0) is 15.4. The summed E-state index contributed by atoms with van der Waals surface area (Å²) in [6.07, 6.45) is 3.75. The number of anilines is 1. The number of nitrogens with zero attached hydrogens (tertiary/aromatic N) is 2. The number of carbonyl (C=O) groups excluding carboxylic acids is 1. The predicted molar refractivity (Wildman–Crippen MR) is 91.8 cm³/mol. The first-order valence-corrected chi connectivity index (χ1v) is 8.28. The van der Waals surface area contributed by atoms with Crippen LogP contribution in [0.15, 0.2) is 58.6 Å². The third-order valence-corrected chi connectivity index (χ3v) is 4.40. The highest BCUT2D eigenvalue weighted by Gasteiger charge is 2.09. The van der Waals surface area contributed by atoms with E-state index in [1.165, 1.54) is 11.3 Å². The minimum atomic E-state index is -0.0784. The molecule has 2 aromatic heterocycles. The molecular formula is C16H12BrN3OS. The molecule has 0 aliphatic rings. The predicted octanol–water partition coefficient (Wildman–Crippen LogP) is 4.15. The van der Waals surface area contributed by atoms with Crippen LogP contribution < -0.4 is 5.32 Å². The monoisotopic (exact) mass is 373 g/mol. The van der Waals surface area contributed by atoms with Crippen LogP contribution >= 0.6 is 27.3 Å².